The van der Waals surface area contributed by atoms with Gasteiger partial charge in [-0.2, -0.15) is 0 Å². The van der Waals surface area contributed by atoms with Crippen molar-refractivity contribution in [1.29, 1.82) is 0 Å². The molecule has 6 nitrogen and oxygen atoms in total. The summed E-state index contributed by atoms with van der Waals surface area (Å²) in [5, 5.41) is 3.79. The predicted molar refractivity (Wildman–Crippen MR) is 125 cm³/mol. The Morgan fingerprint density at radius 1 is 1.12 bits per heavy atom. The summed E-state index contributed by atoms with van der Waals surface area (Å²) >= 11 is 5.90. The molecule has 0 radical (unpaired) electrons. The largest absolute Gasteiger partial charge is 0.492 e. The van der Waals surface area contributed by atoms with Crippen LogP contribution in [-0.2, 0) is 4.79 Å². The van der Waals surface area contributed by atoms with Gasteiger partial charge >= 0.3 is 0 Å². The van der Waals surface area contributed by atoms with Gasteiger partial charge in [-0.05, 0) is 67.9 Å². The molecule has 1 unspecified atom stereocenters. The summed E-state index contributed by atoms with van der Waals surface area (Å²) in [5.41, 5.74) is 1.39. The van der Waals surface area contributed by atoms with Crippen molar-refractivity contribution < 1.29 is 13.9 Å². The zero-order valence-electron chi connectivity index (χ0n) is 18.2. The SMILES string of the molecule is O=C(NC(c1ccc(F)cc1)c1cnccn1)C1CCN(CCOc2ccc(Cl)cc2)CC1. The van der Waals surface area contributed by atoms with Gasteiger partial charge in [0.1, 0.15) is 18.2 Å². The lowest BCUT2D eigenvalue weighted by atomic mass is 9.94. The number of aromatic nitrogens is 2. The Kier molecular flexibility index (Phi) is 7.86. The summed E-state index contributed by atoms with van der Waals surface area (Å²) in [6, 6.07) is 12.9. The van der Waals surface area contributed by atoms with Crippen LogP contribution in [0.25, 0.3) is 0 Å². The fraction of sp³-hybridized carbons (Fsp3) is 0.320. The minimum Gasteiger partial charge on any atom is -0.492 e. The second kappa shape index (κ2) is 11.2. The second-order valence-corrected chi connectivity index (χ2v) is 8.48. The van der Waals surface area contributed by atoms with E-state index in [0.717, 1.165) is 43.8 Å². The number of rotatable bonds is 8. The van der Waals surface area contributed by atoms with Gasteiger partial charge in [0.2, 0.25) is 5.91 Å². The summed E-state index contributed by atoms with van der Waals surface area (Å²) < 4.78 is 19.2. The molecule has 33 heavy (non-hydrogen) atoms. The first kappa shape index (κ1) is 23.1. The van der Waals surface area contributed by atoms with Gasteiger partial charge in [-0.3, -0.25) is 19.7 Å². The Bertz CT molecular complexity index is 1030. The summed E-state index contributed by atoms with van der Waals surface area (Å²) in [6.07, 6.45) is 6.33. The summed E-state index contributed by atoms with van der Waals surface area (Å²) in [7, 11) is 0. The van der Waals surface area contributed by atoms with Crippen molar-refractivity contribution >= 4 is 17.5 Å². The van der Waals surface area contributed by atoms with Crippen LogP contribution in [0.5, 0.6) is 5.75 Å². The van der Waals surface area contributed by atoms with Gasteiger partial charge in [-0.25, -0.2) is 4.39 Å². The molecule has 1 saturated heterocycles. The van der Waals surface area contributed by atoms with E-state index in [2.05, 4.69) is 20.2 Å². The van der Waals surface area contributed by atoms with E-state index in [1.54, 1.807) is 42.9 Å². The number of hydrogen-bond acceptors (Lipinski definition) is 5. The number of ether oxygens (including phenoxy) is 1. The fourth-order valence-electron chi connectivity index (χ4n) is 3.95. The highest BCUT2D eigenvalue weighted by Crippen LogP contribution is 2.24. The first-order valence-electron chi connectivity index (χ1n) is 11.0. The van der Waals surface area contributed by atoms with E-state index in [4.69, 9.17) is 16.3 Å². The molecule has 3 aromatic rings. The molecule has 1 aliphatic heterocycles. The summed E-state index contributed by atoms with van der Waals surface area (Å²) in [5.74, 6) is 0.366. The lowest BCUT2D eigenvalue weighted by Gasteiger charge is -2.32. The molecule has 1 aromatic heterocycles. The third kappa shape index (κ3) is 6.49. The fourth-order valence-corrected chi connectivity index (χ4v) is 4.07. The van der Waals surface area contributed by atoms with Crippen molar-refractivity contribution in [3.8, 4) is 5.75 Å². The average Bonchev–Trinajstić information content (AvgIpc) is 2.85. The number of hydrogen-bond donors (Lipinski definition) is 1. The van der Waals surface area contributed by atoms with Gasteiger partial charge in [-0.1, -0.05) is 23.7 Å². The van der Waals surface area contributed by atoms with Crippen LogP contribution in [0.4, 0.5) is 4.39 Å². The van der Waals surface area contributed by atoms with E-state index in [1.165, 1.54) is 12.1 Å². The predicted octanol–water partition coefficient (Wildman–Crippen LogP) is 4.27. The van der Waals surface area contributed by atoms with Crippen LogP contribution < -0.4 is 10.1 Å². The van der Waals surface area contributed by atoms with Crippen LogP contribution in [0, 0.1) is 11.7 Å². The van der Waals surface area contributed by atoms with Crippen molar-refractivity contribution in [2.75, 3.05) is 26.2 Å². The van der Waals surface area contributed by atoms with Crippen molar-refractivity contribution in [2.45, 2.75) is 18.9 Å². The maximum Gasteiger partial charge on any atom is 0.224 e. The van der Waals surface area contributed by atoms with Crippen molar-refractivity contribution in [3.63, 3.8) is 0 Å². The molecule has 172 valence electrons. The van der Waals surface area contributed by atoms with Gasteiger partial charge in [-0.15, -0.1) is 0 Å². The molecule has 1 atom stereocenters. The molecule has 0 saturated carbocycles. The second-order valence-electron chi connectivity index (χ2n) is 8.04. The maximum absolute atomic E-state index is 13.4. The summed E-state index contributed by atoms with van der Waals surface area (Å²) in [4.78, 5) is 23.8. The molecule has 4 rings (SSSR count). The number of amides is 1. The van der Waals surface area contributed by atoms with Crippen LogP contribution in [0.3, 0.4) is 0 Å². The standard InChI is InChI=1S/C25H26ClFN4O2/c26-20-3-7-22(8-4-20)33-16-15-31-13-9-19(10-14-31)25(32)30-24(23-17-28-11-12-29-23)18-1-5-21(27)6-2-18/h1-8,11-12,17,19,24H,9-10,13-16H2,(H,30,32). The molecular weight excluding hydrogens is 443 g/mol. The number of likely N-dealkylation sites (tertiary alicyclic amines) is 1. The molecule has 1 fully saturated rings. The first-order chi connectivity index (χ1) is 16.1. The topological polar surface area (TPSA) is 67.4 Å². The number of carbonyl (C=O) groups is 1. The molecule has 8 heteroatoms. The van der Waals surface area contributed by atoms with Gasteiger partial charge in [0.15, 0.2) is 0 Å². The van der Waals surface area contributed by atoms with Crippen LogP contribution in [0.1, 0.15) is 30.1 Å². The zero-order chi connectivity index (χ0) is 23.0. The maximum atomic E-state index is 13.4. The van der Waals surface area contributed by atoms with E-state index in [0.29, 0.717) is 17.3 Å². The van der Waals surface area contributed by atoms with E-state index < -0.39 is 6.04 Å². The lowest BCUT2D eigenvalue weighted by molar-refractivity contribution is -0.127. The van der Waals surface area contributed by atoms with Gasteiger partial charge < -0.3 is 10.1 Å². The van der Waals surface area contributed by atoms with Crippen molar-refractivity contribution in [3.05, 3.63) is 89.2 Å². The molecule has 1 aliphatic rings. The van der Waals surface area contributed by atoms with Crippen LogP contribution >= 0.6 is 11.6 Å². The highest BCUT2D eigenvalue weighted by molar-refractivity contribution is 6.30. The number of benzene rings is 2. The number of halogens is 2. The van der Waals surface area contributed by atoms with Crippen molar-refractivity contribution in [2.24, 2.45) is 5.92 Å². The van der Waals surface area contributed by atoms with E-state index in [9.17, 15) is 9.18 Å². The summed E-state index contributed by atoms with van der Waals surface area (Å²) in [6.45, 7) is 3.04. The molecule has 1 N–H and O–H groups in total. The highest BCUT2D eigenvalue weighted by Gasteiger charge is 2.28. The molecule has 1 amide bonds. The molecule has 2 aromatic carbocycles. The Labute approximate surface area is 197 Å². The van der Waals surface area contributed by atoms with Gasteiger partial charge in [0.05, 0.1) is 17.9 Å². The third-order valence-electron chi connectivity index (χ3n) is 5.82. The normalized spacial score (nSPS) is 15.7. The molecular formula is C25H26ClFN4O2. The quantitative estimate of drug-likeness (QED) is 0.535. The van der Waals surface area contributed by atoms with Crippen LogP contribution in [-0.4, -0.2) is 47.0 Å². The molecule has 0 spiro atoms. The minimum absolute atomic E-state index is 0.0213. The number of carbonyl (C=O) groups excluding carboxylic acids is 1. The highest BCUT2D eigenvalue weighted by atomic mass is 35.5. The lowest BCUT2D eigenvalue weighted by Crippen LogP contribution is -2.43. The smallest absolute Gasteiger partial charge is 0.224 e. The zero-order valence-corrected chi connectivity index (χ0v) is 18.9. The van der Waals surface area contributed by atoms with Gasteiger partial charge in [0, 0.05) is 29.9 Å². The number of nitrogens with one attached hydrogen (secondary N) is 1. The number of piperidine rings is 1. The Morgan fingerprint density at radius 3 is 2.52 bits per heavy atom. The molecule has 0 aliphatic carbocycles. The first-order valence-corrected chi connectivity index (χ1v) is 11.4. The minimum atomic E-state index is -0.474. The Hall–Kier alpha value is -3.03. The Morgan fingerprint density at radius 2 is 1.85 bits per heavy atom. The van der Waals surface area contributed by atoms with Crippen molar-refractivity contribution in [1.82, 2.24) is 20.2 Å². The van der Waals surface area contributed by atoms with E-state index in [-0.39, 0.29) is 17.6 Å². The third-order valence-corrected chi connectivity index (χ3v) is 6.07. The monoisotopic (exact) mass is 468 g/mol. The Balaban J connectivity index is 1.29. The molecule has 0 bridgehead atoms. The van der Waals surface area contributed by atoms with E-state index >= 15 is 0 Å². The van der Waals surface area contributed by atoms with Gasteiger partial charge in [0.25, 0.3) is 0 Å². The number of nitrogens with zero attached hydrogens (tertiary/aromatic N) is 3. The average molecular weight is 469 g/mol. The van der Waals surface area contributed by atoms with E-state index in [1.807, 2.05) is 12.1 Å². The molecule has 2 heterocycles. The van der Waals surface area contributed by atoms with Crippen LogP contribution in [0.15, 0.2) is 67.1 Å². The van der Waals surface area contributed by atoms with Crippen LogP contribution in [0.2, 0.25) is 5.02 Å².